The molecule has 1 aliphatic heterocycles. The maximum Gasteiger partial charge on any atom is 0.222 e. The molecular formula is C22H26N4O2. The fraction of sp³-hybridized carbons (Fsp3) is 0.409. The van der Waals surface area contributed by atoms with Crippen molar-refractivity contribution in [3.63, 3.8) is 0 Å². The number of fused-ring (bicyclic) bond motifs is 1. The predicted octanol–water partition coefficient (Wildman–Crippen LogP) is 3.10. The first-order chi connectivity index (χ1) is 13.7. The lowest BCUT2D eigenvalue weighted by Crippen LogP contribution is -2.39. The first-order valence-electron chi connectivity index (χ1n) is 9.91. The molecule has 146 valence electrons. The number of hydrogen-bond acceptors (Lipinski definition) is 4. The van der Waals surface area contributed by atoms with Crippen LogP contribution in [0.1, 0.15) is 47.8 Å². The summed E-state index contributed by atoms with van der Waals surface area (Å²) in [6, 6.07) is 8.19. The molecule has 6 nitrogen and oxygen atoms in total. The highest BCUT2D eigenvalue weighted by Gasteiger charge is 2.27. The van der Waals surface area contributed by atoms with E-state index in [0.717, 1.165) is 42.6 Å². The molecule has 6 heteroatoms. The summed E-state index contributed by atoms with van der Waals surface area (Å²) in [4.78, 5) is 26.9. The number of benzene rings is 1. The number of hydrogen-bond donors (Lipinski definition) is 2. The molecule has 1 saturated heterocycles. The van der Waals surface area contributed by atoms with Gasteiger partial charge in [0, 0.05) is 54.3 Å². The second-order valence-electron chi connectivity index (χ2n) is 7.52. The molecule has 3 aromatic rings. The highest BCUT2D eigenvalue weighted by Crippen LogP contribution is 2.28. The van der Waals surface area contributed by atoms with E-state index in [0.29, 0.717) is 18.8 Å². The van der Waals surface area contributed by atoms with Crippen molar-refractivity contribution in [1.29, 1.82) is 0 Å². The van der Waals surface area contributed by atoms with Crippen molar-refractivity contribution in [2.45, 2.75) is 45.1 Å². The number of aryl methyl sites for hydroxylation is 2. The molecule has 1 atom stereocenters. The molecule has 3 heterocycles. The molecule has 0 aliphatic carbocycles. The number of nitrogens with one attached hydrogen (secondary N) is 1. The lowest BCUT2D eigenvalue weighted by molar-refractivity contribution is -0.132. The summed E-state index contributed by atoms with van der Waals surface area (Å²) in [5.41, 5.74) is 3.96. The van der Waals surface area contributed by atoms with Gasteiger partial charge in [-0.2, -0.15) is 0 Å². The zero-order chi connectivity index (χ0) is 19.5. The molecule has 2 aromatic heterocycles. The number of carbonyl (C=O) groups excluding carboxylic acids is 1. The Bertz CT molecular complexity index is 982. The number of amides is 1. The van der Waals surface area contributed by atoms with Gasteiger partial charge in [0.1, 0.15) is 5.82 Å². The lowest BCUT2D eigenvalue weighted by atomic mass is 9.91. The zero-order valence-electron chi connectivity index (χ0n) is 16.2. The van der Waals surface area contributed by atoms with Gasteiger partial charge in [-0.25, -0.2) is 9.97 Å². The van der Waals surface area contributed by atoms with Crippen molar-refractivity contribution in [2.75, 3.05) is 13.1 Å². The first-order valence-corrected chi connectivity index (χ1v) is 9.91. The van der Waals surface area contributed by atoms with Gasteiger partial charge < -0.3 is 15.0 Å². The summed E-state index contributed by atoms with van der Waals surface area (Å²) in [7, 11) is 0. The van der Waals surface area contributed by atoms with Gasteiger partial charge in [0.2, 0.25) is 5.91 Å². The molecule has 1 unspecified atom stereocenters. The van der Waals surface area contributed by atoms with Crippen molar-refractivity contribution >= 4 is 16.8 Å². The van der Waals surface area contributed by atoms with Crippen LogP contribution >= 0.6 is 0 Å². The van der Waals surface area contributed by atoms with E-state index < -0.39 is 0 Å². The Hall–Kier alpha value is -2.73. The Morgan fingerprint density at radius 1 is 1.32 bits per heavy atom. The van der Waals surface area contributed by atoms with Crippen LogP contribution in [-0.4, -0.2) is 44.0 Å². The molecule has 1 aliphatic rings. The lowest BCUT2D eigenvalue weighted by Gasteiger charge is -2.33. The highest BCUT2D eigenvalue weighted by atomic mass is 16.3. The van der Waals surface area contributed by atoms with Crippen molar-refractivity contribution in [1.82, 2.24) is 19.9 Å². The molecule has 0 saturated carbocycles. The van der Waals surface area contributed by atoms with Crippen molar-refractivity contribution in [3.8, 4) is 0 Å². The highest BCUT2D eigenvalue weighted by molar-refractivity contribution is 5.84. The number of rotatable bonds is 5. The van der Waals surface area contributed by atoms with E-state index in [1.807, 2.05) is 30.2 Å². The number of piperidine rings is 1. The summed E-state index contributed by atoms with van der Waals surface area (Å²) in [5, 5.41) is 10.8. The summed E-state index contributed by atoms with van der Waals surface area (Å²) >= 11 is 0. The Balaban J connectivity index is 1.43. The molecule has 0 spiro atoms. The predicted molar refractivity (Wildman–Crippen MR) is 108 cm³/mol. The molecule has 2 N–H and O–H groups in total. The standard InChI is InChI=1S/C22H26N4O2/c1-15-23-12-18(14-27)22(25-15)17-5-4-10-26(13-17)21(28)9-8-16-11-24-20-7-3-2-6-19(16)20/h2-3,6-7,11-12,17,24,27H,4-5,8-10,13-14H2,1H3. The van der Waals surface area contributed by atoms with Gasteiger partial charge in [0.05, 0.1) is 12.3 Å². The Morgan fingerprint density at radius 3 is 3.04 bits per heavy atom. The van der Waals surface area contributed by atoms with E-state index in [2.05, 4.69) is 27.1 Å². The Kier molecular flexibility index (Phi) is 5.39. The molecule has 4 rings (SSSR count). The maximum absolute atomic E-state index is 12.9. The van der Waals surface area contributed by atoms with Gasteiger partial charge in [-0.3, -0.25) is 4.79 Å². The van der Waals surface area contributed by atoms with E-state index in [1.54, 1.807) is 6.20 Å². The number of para-hydroxylation sites is 1. The third-order valence-electron chi connectivity index (χ3n) is 5.63. The van der Waals surface area contributed by atoms with E-state index in [1.165, 1.54) is 10.9 Å². The number of nitrogens with zero attached hydrogens (tertiary/aromatic N) is 3. The Labute approximate surface area is 164 Å². The van der Waals surface area contributed by atoms with Crippen molar-refractivity contribution in [3.05, 3.63) is 59.3 Å². The van der Waals surface area contributed by atoms with Crippen LogP contribution in [0.5, 0.6) is 0 Å². The van der Waals surface area contributed by atoms with Crippen LogP contribution in [0, 0.1) is 6.92 Å². The quantitative estimate of drug-likeness (QED) is 0.715. The molecule has 0 bridgehead atoms. The molecule has 0 radical (unpaired) electrons. The van der Waals surface area contributed by atoms with E-state index in [-0.39, 0.29) is 18.4 Å². The normalized spacial score (nSPS) is 17.2. The number of likely N-dealkylation sites (tertiary alicyclic amines) is 1. The SMILES string of the molecule is Cc1ncc(CO)c(C2CCCN(C(=O)CCc3c[nH]c4ccccc34)C2)n1. The van der Waals surface area contributed by atoms with E-state index in [9.17, 15) is 9.90 Å². The van der Waals surface area contributed by atoms with E-state index >= 15 is 0 Å². The minimum atomic E-state index is -0.0688. The number of aromatic nitrogens is 3. The molecule has 28 heavy (non-hydrogen) atoms. The van der Waals surface area contributed by atoms with Crippen LogP contribution in [-0.2, 0) is 17.8 Å². The second kappa shape index (κ2) is 8.10. The largest absolute Gasteiger partial charge is 0.392 e. The minimum absolute atomic E-state index is 0.0688. The van der Waals surface area contributed by atoms with Gasteiger partial charge in [-0.1, -0.05) is 18.2 Å². The van der Waals surface area contributed by atoms with Crippen LogP contribution in [0.4, 0.5) is 0 Å². The van der Waals surface area contributed by atoms with Crippen molar-refractivity contribution in [2.24, 2.45) is 0 Å². The van der Waals surface area contributed by atoms with Gasteiger partial charge in [-0.15, -0.1) is 0 Å². The first kappa shape index (κ1) is 18.6. The number of aliphatic hydroxyl groups excluding tert-OH is 1. The van der Waals surface area contributed by atoms with E-state index in [4.69, 9.17) is 0 Å². The second-order valence-corrected chi connectivity index (χ2v) is 7.52. The molecule has 1 amide bonds. The third-order valence-corrected chi connectivity index (χ3v) is 5.63. The van der Waals surface area contributed by atoms with Gasteiger partial charge in [0.25, 0.3) is 0 Å². The fourth-order valence-electron chi connectivity index (χ4n) is 4.15. The number of H-pyrrole nitrogens is 1. The minimum Gasteiger partial charge on any atom is -0.392 e. The monoisotopic (exact) mass is 378 g/mol. The summed E-state index contributed by atoms with van der Waals surface area (Å²) in [5.74, 6) is 1.05. The van der Waals surface area contributed by atoms with Crippen LogP contribution in [0.25, 0.3) is 10.9 Å². The van der Waals surface area contributed by atoms with Crippen LogP contribution in [0.2, 0.25) is 0 Å². The average molecular weight is 378 g/mol. The van der Waals surface area contributed by atoms with Gasteiger partial charge >= 0.3 is 0 Å². The smallest absolute Gasteiger partial charge is 0.222 e. The maximum atomic E-state index is 12.9. The van der Waals surface area contributed by atoms with Gasteiger partial charge in [-0.05, 0) is 37.8 Å². The van der Waals surface area contributed by atoms with Crippen LogP contribution in [0.15, 0.2) is 36.7 Å². The van der Waals surface area contributed by atoms with Crippen LogP contribution in [0.3, 0.4) is 0 Å². The van der Waals surface area contributed by atoms with Crippen LogP contribution < -0.4 is 0 Å². The Morgan fingerprint density at radius 2 is 2.18 bits per heavy atom. The average Bonchev–Trinajstić information content (AvgIpc) is 3.15. The molecular weight excluding hydrogens is 352 g/mol. The summed E-state index contributed by atoms with van der Waals surface area (Å²) in [6.07, 6.45) is 6.89. The van der Waals surface area contributed by atoms with Gasteiger partial charge in [0.15, 0.2) is 0 Å². The molecule has 1 aromatic carbocycles. The fourth-order valence-corrected chi connectivity index (χ4v) is 4.15. The van der Waals surface area contributed by atoms with Crippen molar-refractivity contribution < 1.29 is 9.90 Å². The molecule has 1 fully saturated rings. The summed E-state index contributed by atoms with van der Waals surface area (Å²) in [6.45, 7) is 3.25. The summed E-state index contributed by atoms with van der Waals surface area (Å²) < 4.78 is 0. The topological polar surface area (TPSA) is 82.1 Å². The zero-order valence-corrected chi connectivity index (χ0v) is 16.2. The number of aromatic amines is 1. The number of aliphatic hydroxyl groups is 1. The number of carbonyl (C=O) groups is 1. The third kappa shape index (κ3) is 3.78.